The first-order valence-corrected chi connectivity index (χ1v) is 12.2. The number of aromatic nitrogens is 2. The zero-order valence-electron chi connectivity index (χ0n) is 20.1. The van der Waals surface area contributed by atoms with Crippen LogP contribution >= 0.6 is 0 Å². The van der Waals surface area contributed by atoms with Gasteiger partial charge in [0, 0.05) is 17.7 Å². The molecule has 6 heteroatoms. The summed E-state index contributed by atoms with van der Waals surface area (Å²) < 4.78 is 13.5. The van der Waals surface area contributed by atoms with E-state index in [1.165, 1.54) is 28.3 Å². The number of nitrogens with zero attached hydrogens (tertiary/aromatic N) is 3. The summed E-state index contributed by atoms with van der Waals surface area (Å²) >= 11 is 0. The van der Waals surface area contributed by atoms with E-state index in [2.05, 4.69) is 77.3 Å². The van der Waals surface area contributed by atoms with E-state index in [0.717, 1.165) is 30.2 Å². The minimum absolute atomic E-state index is 0.0309. The van der Waals surface area contributed by atoms with E-state index < -0.39 is 5.82 Å². The Kier molecular flexibility index (Phi) is 5.36. The van der Waals surface area contributed by atoms with Gasteiger partial charge in [-0.25, -0.2) is 9.37 Å². The summed E-state index contributed by atoms with van der Waals surface area (Å²) in [7, 11) is 0. The molecule has 2 aromatic heterocycles. The van der Waals surface area contributed by atoms with Gasteiger partial charge in [-0.1, -0.05) is 68.5 Å². The standard InChI is InChI=1S/C30H25FN4O/c1-3-30(4-2)24-8-6-5-7-22(24)23-12-11-19(15-25(23)30)9-10-20-13-14-32-26(16-20)29-34-27-17-21(31)18-33-28(27)35(29)36/h5-18,35H,3-4H2,1-2H3/b10-9+. The fraction of sp³-hybridized carbons (Fsp3) is 0.167. The Morgan fingerprint density at radius 3 is 2.44 bits per heavy atom. The van der Waals surface area contributed by atoms with Crippen LogP contribution in [-0.4, -0.2) is 15.8 Å². The highest BCUT2D eigenvalue weighted by Crippen LogP contribution is 2.52. The Bertz CT molecular complexity index is 1550. The van der Waals surface area contributed by atoms with Gasteiger partial charge in [0.25, 0.3) is 11.7 Å². The monoisotopic (exact) mass is 476 g/mol. The molecule has 0 saturated carbocycles. The highest BCUT2D eigenvalue weighted by Gasteiger charge is 2.40. The predicted molar refractivity (Wildman–Crippen MR) is 141 cm³/mol. The molecule has 0 radical (unpaired) electrons. The predicted octanol–water partition coefficient (Wildman–Crippen LogP) is 5.98. The van der Waals surface area contributed by atoms with Crippen LogP contribution in [0.1, 0.15) is 54.6 Å². The van der Waals surface area contributed by atoms with Crippen molar-refractivity contribution in [1.82, 2.24) is 9.97 Å². The van der Waals surface area contributed by atoms with Crippen LogP contribution in [0.15, 0.2) is 78.0 Å². The zero-order chi connectivity index (χ0) is 24.9. The average Bonchev–Trinajstić information content (AvgIpc) is 3.39. The molecule has 2 aromatic carbocycles. The number of quaternary nitrogens is 1. The molecule has 6 rings (SSSR count). The van der Waals surface area contributed by atoms with Crippen LogP contribution in [0.4, 0.5) is 15.9 Å². The lowest BCUT2D eigenvalue weighted by molar-refractivity contribution is -0.666. The summed E-state index contributed by atoms with van der Waals surface area (Å²) in [6.07, 6.45) is 8.88. The second-order valence-corrected chi connectivity index (χ2v) is 9.26. The number of fused-ring (bicyclic) bond motifs is 4. The SMILES string of the molecule is CCC1(CC)c2ccccc2-c2ccc(/C=C/c3ccnc(C4=Nc5cc(F)cnc5[NH+]4[O-])c3)cc21. The van der Waals surface area contributed by atoms with Crippen LogP contribution in [0.5, 0.6) is 0 Å². The van der Waals surface area contributed by atoms with Crippen molar-refractivity contribution in [1.29, 1.82) is 0 Å². The summed E-state index contributed by atoms with van der Waals surface area (Å²) in [5.41, 5.74) is 8.19. The number of nitrogens with one attached hydrogen (secondary N) is 1. The van der Waals surface area contributed by atoms with Crippen LogP contribution in [0.2, 0.25) is 0 Å². The quantitative estimate of drug-likeness (QED) is 0.361. The van der Waals surface area contributed by atoms with E-state index >= 15 is 0 Å². The Balaban J connectivity index is 1.32. The third kappa shape index (κ3) is 3.41. The molecule has 178 valence electrons. The number of aliphatic imine (C=N–C) groups is 1. The number of hydroxylamine groups is 1. The summed E-state index contributed by atoms with van der Waals surface area (Å²) in [5.74, 6) is -0.184. The van der Waals surface area contributed by atoms with Gasteiger partial charge in [0.05, 0.1) is 6.20 Å². The minimum atomic E-state index is -0.524. The van der Waals surface area contributed by atoms with E-state index in [1.54, 1.807) is 6.20 Å². The molecule has 0 amide bonds. The zero-order valence-corrected chi connectivity index (χ0v) is 20.1. The summed E-state index contributed by atoms with van der Waals surface area (Å²) in [5, 5.41) is 12.4. The van der Waals surface area contributed by atoms with Gasteiger partial charge in [-0.05, 0) is 58.4 Å². The molecule has 1 atom stereocenters. The number of hydrogen-bond acceptors (Lipinski definition) is 4. The van der Waals surface area contributed by atoms with Gasteiger partial charge in [-0.2, -0.15) is 9.98 Å². The van der Waals surface area contributed by atoms with E-state index in [1.807, 2.05) is 18.2 Å². The number of amidine groups is 1. The molecule has 1 N–H and O–H groups in total. The molecule has 2 aliphatic rings. The van der Waals surface area contributed by atoms with Crippen molar-refractivity contribution >= 4 is 29.5 Å². The smallest absolute Gasteiger partial charge is 0.259 e. The van der Waals surface area contributed by atoms with Gasteiger partial charge in [0.1, 0.15) is 11.5 Å². The molecule has 5 nitrogen and oxygen atoms in total. The third-order valence-corrected chi connectivity index (χ3v) is 7.49. The van der Waals surface area contributed by atoms with Crippen LogP contribution < -0.4 is 5.06 Å². The van der Waals surface area contributed by atoms with Crippen LogP contribution in [0.3, 0.4) is 0 Å². The number of halogens is 1. The maximum Gasteiger partial charge on any atom is 0.259 e. The topological polar surface area (TPSA) is 65.6 Å². The van der Waals surface area contributed by atoms with Crippen molar-refractivity contribution in [3.05, 3.63) is 112 Å². The molecular weight excluding hydrogens is 451 g/mol. The summed E-state index contributed by atoms with van der Waals surface area (Å²) in [6, 6.07) is 20.4. The molecule has 0 saturated heterocycles. The molecule has 0 bridgehead atoms. The molecule has 1 aliphatic heterocycles. The lowest BCUT2D eigenvalue weighted by Crippen LogP contribution is -3.04. The molecule has 1 aliphatic carbocycles. The van der Waals surface area contributed by atoms with Crippen molar-refractivity contribution in [2.24, 2.45) is 4.99 Å². The number of pyridine rings is 2. The normalized spacial score (nSPS) is 17.1. The lowest BCUT2D eigenvalue weighted by Gasteiger charge is -2.29. The van der Waals surface area contributed by atoms with Crippen LogP contribution in [0.25, 0.3) is 23.3 Å². The lowest BCUT2D eigenvalue weighted by atomic mass is 9.73. The van der Waals surface area contributed by atoms with Crippen molar-refractivity contribution in [2.75, 3.05) is 0 Å². The average molecular weight is 477 g/mol. The molecule has 36 heavy (non-hydrogen) atoms. The highest BCUT2D eigenvalue weighted by molar-refractivity contribution is 5.97. The van der Waals surface area contributed by atoms with Gasteiger partial charge in [-0.3, -0.25) is 5.06 Å². The van der Waals surface area contributed by atoms with Crippen molar-refractivity contribution in [3.8, 4) is 11.1 Å². The number of hydrogen-bond donors (Lipinski definition) is 1. The Labute approximate surface area is 209 Å². The van der Waals surface area contributed by atoms with Gasteiger partial charge in [-0.15, -0.1) is 0 Å². The Hall–Kier alpha value is -4.00. The summed E-state index contributed by atoms with van der Waals surface area (Å²) in [6.45, 7) is 4.54. The van der Waals surface area contributed by atoms with Gasteiger partial charge >= 0.3 is 0 Å². The van der Waals surface area contributed by atoms with Gasteiger partial charge in [0.2, 0.25) is 0 Å². The largest absolute Gasteiger partial charge is 0.621 e. The summed E-state index contributed by atoms with van der Waals surface area (Å²) in [4.78, 5) is 12.5. The van der Waals surface area contributed by atoms with Crippen molar-refractivity contribution in [3.63, 3.8) is 0 Å². The molecule has 4 aromatic rings. The van der Waals surface area contributed by atoms with E-state index in [-0.39, 0.29) is 27.8 Å². The maximum atomic E-state index is 13.5. The van der Waals surface area contributed by atoms with Gasteiger partial charge in [0.15, 0.2) is 5.69 Å². The number of rotatable bonds is 5. The first kappa shape index (κ1) is 22.5. The van der Waals surface area contributed by atoms with Crippen molar-refractivity contribution < 1.29 is 9.45 Å². The highest BCUT2D eigenvalue weighted by atomic mass is 19.1. The fourth-order valence-corrected chi connectivity index (χ4v) is 5.61. The second-order valence-electron chi connectivity index (χ2n) is 9.26. The third-order valence-electron chi connectivity index (χ3n) is 7.49. The van der Waals surface area contributed by atoms with Crippen LogP contribution in [0, 0.1) is 11.0 Å². The van der Waals surface area contributed by atoms with E-state index in [0.29, 0.717) is 5.69 Å². The maximum absolute atomic E-state index is 13.5. The Morgan fingerprint density at radius 2 is 1.64 bits per heavy atom. The van der Waals surface area contributed by atoms with E-state index in [4.69, 9.17) is 0 Å². The number of benzene rings is 2. The minimum Gasteiger partial charge on any atom is -0.621 e. The molecule has 3 heterocycles. The molecule has 0 fully saturated rings. The second kappa shape index (κ2) is 8.59. The van der Waals surface area contributed by atoms with E-state index in [9.17, 15) is 9.60 Å². The molecular formula is C30H25FN4O. The Morgan fingerprint density at radius 1 is 0.889 bits per heavy atom. The van der Waals surface area contributed by atoms with Crippen molar-refractivity contribution in [2.45, 2.75) is 32.1 Å². The molecule has 1 unspecified atom stereocenters. The van der Waals surface area contributed by atoms with Crippen LogP contribution in [-0.2, 0) is 5.41 Å². The first-order valence-electron chi connectivity index (χ1n) is 12.2. The first-order chi connectivity index (χ1) is 17.5. The fourth-order valence-electron chi connectivity index (χ4n) is 5.61. The molecule has 0 spiro atoms. The van der Waals surface area contributed by atoms with Gasteiger partial charge < -0.3 is 5.21 Å².